The maximum absolute atomic E-state index is 14.1. The number of amides is 1. The molecule has 0 bridgehead atoms. The molecule has 1 fully saturated rings. The number of rotatable bonds is 3. The van der Waals surface area contributed by atoms with Crippen LogP contribution in [-0.2, 0) is 10.5 Å². The Morgan fingerprint density at radius 3 is 2.41 bits per heavy atom. The summed E-state index contributed by atoms with van der Waals surface area (Å²) in [6.07, 6.45) is 1.42. The summed E-state index contributed by atoms with van der Waals surface area (Å²) >= 11 is 0. The van der Waals surface area contributed by atoms with Crippen LogP contribution in [0.1, 0.15) is 27.0 Å². The molecule has 0 radical (unpaired) electrons. The second-order valence-corrected chi connectivity index (χ2v) is 7.88. The fraction of sp³-hybridized carbons (Fsp3) is 0.348. The van der Waals surface area contributed by atoms with Crippen LogP contribution >= 0.6 is 0 Å². The van der Waals surface area contributed by atoms with Crippen molar-refractivity contribution in [3.05, 3.63) is 70.5 Å². The summed E-state index contributed by atoms with van der Waals surface area (Å²) in [5, 5.41) is 0. The van der Waals surface area contributed by atoms with Crippen molar-refractivity contribution in [1.29, 1.82) is 0 Å². The summed E-state index contributed by atoms with van der Waals surface area (Å²) in [6.45, 7) is 6.89. The molecule has 1 saturated heterocycles. The van der Waals surface area contributed by atoms with E-state index in [4.69, 9.17) is 0 Å². The first-order valence-corrected chi connectivity index (χ1v) is 9.76. The molecule has 0 aromatic heterocycles. The summed E-state index contributed by atoms with van der Waals surface area (Å²) in [7, 11) is 2.05. The van der Waals surface area contributed by atoms with Crippen LogP contribution < -0.4 is 4.90 Å². The number of carbonyl (C=O) groups excluding carboxylic acids is 2. The van der Waals surface area contributed by atoms with Gasteiger partial charge in [-0.25, -0.2) is 9.18 Å². The normalized spacial score (nSPS) is 22.5. The second kappa shape index (κ2) is 7.23. The standard InChI is InChI=1S/C23H24FN3O2/c1-16-13-20-21(14-17(16)2)23(7-12-28,26-10-8-25(3)9-11-26)27(22(20)29)19-6-4-5-18(24)15-19/h4-7,13-15H,8-11H2,1-3H3. The first-order chi connectivity index (χ1) is 13.9. The number of fused-ring (bicyclic) bond motifs is 1. The number of carbonyl (C=O) groups is 1. The number of aryl methyl sites for hydroxylation is 2. The van der Waals surface area contributed by atoms with Crippen molar-refractivity contribution in [2.24, 2.45) is 0 Å². The molecular weight excluding hydrogens is 369 g/mol. The predicted molar refractivity (Wildman–Crippen MR) is 110 cm³/mol. The summed E-state index contributed by atoms with van der Waals surface area (Å²) < 4.78 is 14.1. The highest BCUT2D eigenvalue weighted by Crippen LogP contribution is 2.46. The topological polar surface area (TPSA) is 43.9 Å². The highest BCUT2D eigenvalue weighted by molar-refractivity contribution is 6.13. The van der Waals surface area contributed by atoms with E-state index < -0.39 is 11.5 Å². The minimum atomic E-state index is -1.12. The van der Waals surface area contributed by atoms with E-state index in [-0.39, 0.29) is 5.91 Å². The van der Waals surface area contributed by atoms with E-state index in [1.165, 1.54) is 18.2 Å². The van der Waals surface area contributed by atoms with Gasteiger partial charge in [0.25, 0.3) is 5.91 Å². The van der Waals surface area contributed by atoms with Crippen LogP contribution in [0, 0.1) is 19.7 Å². The molecule has 29 heavy (non-hydrogen) atoms. The quantitative estimate of drug-likeness (QED) is 0.753. The third-order valence-electron chi connectivity index (χ3n) is 6.12. The van der Waals surface area contributed by atoms with Gasteiger partial charge in [-0.15, -0.1) is 0 Å². The highest BCUT2D eigenvalue weighted by atomic mass is 19.1. The Morgan fingerprint density at radius 1 is 1.07 bits per heavy atom. The Labute approximate surface area is 170 Å². The van der Waals surface area contributed by atoms with Gasteiger partial charge in [0.1, 0.15) is 11.8 Å². The zero-order chi connectivity index (χ0) is 20.8. The zero-order valence-corrected chi connectivity index (χ0v) is 16.9. The molecule has 0 spiro atoms. The lowest BCUT2D eigenvalue weighted by atomic mass is 9.91. The number of piperazine rings is 1. The van der Waals surface area contributed by atoms with Gasteiger partial charge >= 0.3 is 0 Å². The Hall–Kier alpha value is -2.79. The Bertz CT molecular complexity index is 1020. The molecule has 4 rings (SSSR count). The number of likely N-dealkylation sites (N-methyl/N-ethyl adjacent to an activating group) is 1. The van der Waals surface area contributed by atoms with Crippen LogP contribution in [0.4, 0.5) is 10.1 Å². The van der Waals surface area contributed by atoms with Crippen molar-refractivity contribution in [1.82, 2.24) is 9.80 Å². The molecule has 5 nitrogen and oxygen atoms in total. The smallest absolute Gasteiger partial charge is 0.260 e. The van der Waals surface area contributed by atoms with Gasteiger partial charge in [-0.05, 0) is 56.3 Å². The average molecular weight is 393 g/mol. The van der Waals surface area contributed by atoms with Crippen LogP contribution in [0.25, 0.3) is 0 Å². The lowest BCUT2D eigenvalue weighted by Crippen LogP contribution is -2.60. The predicted octanol–water partition coefficient (Wildman–Crippen LogP) is 2.89. The third kappa shape index (κ3) is 3.01. The van der Waals surface area contributed by atoms with Crippen molar-refractivity contribution < 1.29 is 14.0 Å². The van der Waals surface area contributed by atoms with E-state index in [0.717, 1.165) is 29.8 Å². The molecule has 2 aliphatic heterocycles. The van der Waals surface area contributed by atoms with Crippen LogP contribution in [0.3, 0.4) is 0 Å². The lowest BCUT2D eigenvalue weighted by Gasteiger charge is -2.47. The number of nitrogens with zero attached hydrogens (tertiary/aromatic N) is 3. The minimum absolute atomic E-state index is 0.237. The van der Waals surface area contributed by atoms with Crippen molar-refractivity contribution in [2.45, 2.75) is 19.5 Å². The molecule has 1 atom stereocenters. The van der Waals surface area contributed by atoms with E-state index >= 15 is 0 Å². The molecule has 6 heteroatoms. The number of halogens is 1. The van der Waals surface area contributed by atoms with Gasteiger partial charge in [0, 0.05) is 49.1 Å². The van der Waals surface area contributed by atoms with E-state index in [0.29, 0.717) is 24.3 Å². The average Bonchev–Trinajstić information content (AvgIpc) is 2.92. The van der Waals surface area contributed by atoms with Crippen LogP contribution in [0.5, 0.6) is 0 Å². The van der Waals surface area contributed by atoms with Gasteiger partial charge in [0.2, 0.25) is 0 Å². The SMILES string of the molecule is Cc1cc2c(cc1C)C(C=C=O)(N1CCN(C)CC1)N(c1cccc(F)c1)C2=O. The lowest BCUT2D eigenvalue weighted by molar-refractivity contribution is 0.0639. The monoisotopic (exact) mass is 393 g/mol. The van der Waals surface area contributed by atoms with E-state index in [2.05, 4.69) is 9.80 Å². The molecule has 2 aliphatic rings. The first-order valence-electron chi connectivity index (χ1n) is 9.76. The van der Waals surface area contributed by atoms with Crippen LogP contribution in [-0.4, -0.2) is 54.9 Å². The Balaban J connectivity index is 2.00. The molecule has 2 aromatic carbocycles. The molecule has 2 aromatic rings. The van der Waals surface area contributed by atoms with Crippen molar-refractivity contribution in [3.63, 3.8) is 0 Å². The first kappa shape index (κ1) is 19.5. The van der Waals surface area contributed by atoms with E-state index in [9.17, 15) is 14.0 Å². The molecule has 0 N–H and O–H groups in total. The Kier molecular flexibility index (Phi) is 4.87. The maximum atomic E-state index is 14.1. The molecular formula is C23H24FN3O2. The number of anilines is 1. The van der Waals surface area contributed by atoms with Gasteiger partial charge < -0.3 is 4.90 Å². The maximum Gasteiger partial charge on any atom is 0.260 e. The zero-order valence-electron chi connectivity index (χ0n) is 16.9. The van der Waals surface area contributed by atoms with Gasteiger partial charge in [-0.1, -0.05) is 12.1 Å². The fourth-order valence-electron chi connectivity index (χ4n) is 4.40. The van der Waals surface area contributed by atoms with E-state index in [1.807, 2.05) is 39.0 Å². The number of hydrogen-bond donors (Lipinski definition) is 0. The second-order valence-electron chi connectivity index (χ2n) is 7.88. The highest BCUT2D eigenvalue weighted by Gasteiger charge is 2.53. The van der Waals surface area contributed by atoms with E-state index in [1.54, 1.807) is 17.0 Å². The van der Waals surface area contributed by atoms with Gasteiger partial charge in [0.15, 0.2) is 5.66 Å². The molecule has 2 heterocycles. The minimum Gasteiger partial charge on any atom is -0.304 e. The molecule has 1 amide bonds. The van der Waals surface area contributed by atoms with Gasteiger partial charge in [-0.2, -0.15) is 0 Å². The van der Waals surface area contributed by atoms with Crippen molar-refractivity contribution in [2.75, 3.05) is 38.1 Å². The molecule has 0 saturated carbocycles. The summed E-state index contributed by atoms with van der Waals surface area (Å²) in [4.78, 5) is 31.2. The van der Waals surface area contributed by atoms with Crippen molar-refractivity contribution in [3.8, 4) is 0 Å². The summed E-state index contributed by atoms with van der Waals surface area (Å²) in [5.41, 5.74) is 2.63. The largest absolute Gasteiger partial charge is 0.304 e. The molecule has 150 valence electrons. The van der Waals surface area contributed by atoms with Crippen molar-refractivity contribution >= 4 is 17.5 Å². The summed E-state index contributed by atoms with van der Waals surface area (Å²) in [5.74, 6) is 1.28. The fourth-order valence-corrected chi connectivity index (χ4v) is 4.40. The number of benzene rings is 2. The molecule has 1 unspecified atom stereocenters. The summed E-state index contributed by atoms with van der Waals surface area (Å²) in [6, 6.07) is 9.82. The number of hydrogen-bond acceptors (Lipinski definition) is 4. The third-order valence-corrected chi connectivity index (χ3v) is 6.12. The van der Waals surface area contributed by atoms with Crippen LogP contribution in [0.15, 0.2) is 42.5 Å². The Morgan fingerprint density at radius 2 is 1.76 bits per heavy atom. The van der Waals surface area contributed by atoms with Gasteiger partial charge in [-0.3, -0.25) is 14.6 Å². The van der Waals surface area contributed by atoms with Crippen LogP contribution in [0.2, 0.25) is 0 Å². The molecule has 0 aliphatic carbocycles. The van der Waals surface area contributed by atoms with Gasteiger partial charge in [0.05, 0.1) is 0 Å².